The maximum absolute atomic E-state index is 12.6. The Hall–Kier alpha value is -2.02. The molecule has 0 saturated heterocycles. The molecule has 7 heteroatoms. The number of carbonyl (C=O) groups excluding carboxylic acids is 1. The van der Waals surface area contributed by atoms with E-state index >= 15 is 0 Å². The Morgan fingerprint density at radius 2 is 1.97 bits per heavy atom. The molecule has 0 amide bonds. The maximum atomic E-state index is 12.6. The molecule has 1 heterocycles. The van der Waals surface area contributed by atoms with Crippen molar-refractivity contribution in [1.82, 2.24) is 15.0 Å². The molecule has 180 valence electrons. The molecule has 0 radical (unpaired) electrons. The molecule has 3 fully saturated rings. The third-order valence-electron chi connectivity index (χ3n) is 9.54. The number of nitrogens with two attached hydrogens (primary N) is 1. The lowest BCUT2D eigenvalue weighted by atomic mass is 9.47. The van der Waals surface area contributed by atoms with Crippen LogP contribution < -0.4 is 5.73 Å². The number of carbonyl (C=O) groups is 1. The summed E-state index contributed by atoms with van der Waals surface area (Å²) in [6, 6.07) is 0. The fourth-order valence-electron chi connectivity index (χ4n) is 7.52. The molecule has 5 atom stereocenters. The lowest BCUT2D eigenvalue weighted by Crippen LogP contribution is -2.50. The molecule has 0 aromatic carbocycles. The minimum Gasteiger partial charge on any atom is -0.396 e. The van der Waals surface area contributed by atoms with E-state index in [2.05, 4.69) is 35.4 Å². The van der Waals surface area contributed by atoms with Gasteiger partial charge >= 0.3 is 0 Å². The van der Waals surface area contributed by atoms with E-state index < -0.39 is 0 Å². The predicted molar refractivity (Wildman–Crippen MR) is 127 cm³/mol. The number of nitrogens with zero attached hydrogens (tertiary/aromatic N) is 4. The second-order valence-corrected chi connectivity index (χ2v) is 11.2. The molecule has 5 rings (SSSR count). The van der Waals surface area contributed by atoms with Crippen molar-refractivity contribution in [3.63, 3.8) is 0 Å². The minimum absolute atomic E-state index is 0.0332. The van der Waals surface area contributed by atoms with Crippen molar-refractivity contribution in [2.75, 3.05) is 6.61 Å². The first-order chi connectivity index (χ1) is 15.9. The van der Waals surface area contributed by atoms with Gasteiger partial charge in [-0.1, -0.05) is 29.8 Å². The number of oxime groups is 1. The topological polar surface area (TPSA) is 95.4 Å². The van der Waals surface area contributed by atoms with Crippen molar-refractivity contribution in [2.45, 2.75) is 91.1 Å². The maximum Gasteiger partial charge on any atom is 0.139 e. The van der Waals surface area contributed by atoms with Crippen LogP contribution in [0.25, 0.3) is 0 Å². The van der Waals surface area contributed by atoms with Gasteiger partial charge in [0.2, 0.25) is 0 Å². The van der Waals surface area contributed by atoms with Gasteiger partial charge in [0.15, 0.2) is 0 Å². The normalized spacial score (nSPS) is 36.8. The average Bonchev–Trinajstić information content (AvgIpc) is 3.40. The number of hydrogen-bond acceptors (Lipinski definition) is 6. The van der Waals surface area contributed by atoms with E-state index in [-0.39, 0.29) is 10.8 Å². The van der Waals surface area contributed by atoms with Crippen LogP contribution in [0.3, 0.4) is 0 Å². The molecular formula is C26H39N5O2. The van der Waals surface area contributed by atoms with Crippen LogP contribution in [0, 0.1) is 28.6 Å². The summed E-state index contributed by atoms with van der Waals surface area (Å²) in [5.74, 6) is 2.59. The number of aryl methyl sites for hydroxylation is 1. The summed E-state index contributed by atoms with van der Waals surface area (Å²) in [6.45, 7) is 6.64. The van der Waals surface area contributed by atoms with Gasteiger partial charge in [0.1, 0.15) is 12.4 Å². The Kier molecular flexibility index (Phi) is 6.19. The van der Waals surface area contributed by atoms with E-state index in [1.165, 1.54) is 12.8 Å². The number of unbranched alkanes of at least 4 members (excludes halogenated alkanes) is 1. The van der Waals surface area contributed by atoms with Crippen LogP contribution in [0.4, 0.5) is 0 Å². The Labute approximate surface area is 197 Å². The zero-order valence-corrected chi connectivity index (χ0v) is 20.3. The summed E-state index contributed by atoms with van der Waals surface area (Å²) in [6.07, 6.45) is 14.9. The third-order valence-corrected chi connectivity index (χ3v) is 9.54. The summed E-state index contributed by atoms with van der Waals surface area (Å²) in [5, 5.41) is 12.6. The van der Waals surface area contributed by atoms with Gasteiger partial charge in [0.25, 0.3) is 0 Å². The first kappa shape index (κ1) is 22.8. The highest BCUT2D eigenvalue weighted by atomic mass is 16.6. The van der Waals surface area contributed by atoms with Gasteiger partial charge in [-0.3, -0.25) is 9.48 Å². The van der Waals surface area contributed by atoms with Crippen molar-refractivity contribution in [3.05, 3.63) is 23.5 Å². The molecule has 1 aromatic heterocycles. The molecule has 4 aliphatic carbocycles. The van der Waals surface area contributed by atoms with E-state index in [1.54, 1.807) is 5.57 Å². The highest BCUT2D eigenvalue weighted by Crippen LogP contribution is 2.64. The van der Waals surface area contributed by atoms with Crippen LogP contribution in [-0.2, 0) is 22.7 Å². The first-order valence-electron chi connectivity index (χ1n) is 13.0. The lowest BCUT2D eigenvalue weighted by molar-refractivity contribution is -0.132. The number of allylic oxidation sites excluding steroid dienone is 2. The summed E-state index contributed by atoms with van der Waals surface area (Å²) in [5.41, 5.74) is 9.31. The first-order valence-corrected chi connectivity index (χ1v) is 13.0. The molecule has 7 nitrogen and oxygen atoms in total. The van der Waals surface area contributed by atoms with Gasteiger partial charge in [0.05, 0.1) is 11.4 Å². The van der Waals surface area contributed by atoms with Gasteiger partial charge in [-0.25, -0.2) is 0 Å². The molecule has 1 aromatic rings. The second-order valence-electron chi connectivity index (χ2n) is 11.2. The zero-order chi connectivity index (χ0) is 23.1. The average molecular weight is 454 g/mol. The van der Waals surface area contributed by atoms with Crippen molar-refractivity contribution in [2.24, 2.45) is 39.5 Å². The quantitative estimate of drug-likeness (QED) is 0.487. The third kappa shape index (κ3) is 4.07. The Morgan fingerprint density at radius 1 is 1.12 bits per heavy atom. The number of aromatic nitrogens is 3. The van der Waals surface area contributed by atoms with E-state index in [0.717, 1.165) is 81.2 Å². The fraction of sp³-hybridized carbons (Fsp3) is 0.769. The predicted octanol–water partition coefficient (Wildman–Crippen LogP) is 4.42. The van der Waals surface area contributed by atoms with E-state index in [9.17, 15) is 4.79 Å². The second kappa shape index (κ2) is 8.97. The standard InChI is InChI=1S/C26H39N5O2/c1-25-11-9-19(29-33-14-4-3-13-31-17-20(16-27)28-30-31)15-18(25)5-6-21-22-7-8-24(32)26(22,2)12-10-23(21)25/h15,17,21-23H,3-14,16,27H2,1-2H3. The molecule has 2 N–H and O–H groups in total. The highest BCUT2D eigenvalue weighted by Gasteiger charge is 2.58. The van der Waals surface area contributed by atoms with Crippen LogP contribution in [0.15, 0.2) is 23.0 Å². The highest BCUT2D eigenvalue weighted by molar-refractivity contribution is 5.96. The van der Waals surface area contributed by atoms with Gasteiger partial charge in [-0.15, -0.1) is 5.10 Å². The fourth-order valence-corrected chi connectivity index (χ4v) is 7.52. The van der Waals surface area contributed by atoms with Gasteiger partial charge in [0, 0.05) is 31.1 Å². The summed E-state index contributed by atoms with van der Waals surface area (Å²) in [7, 11) is 0. The van der Waals surface area contributed by atoms with Crippen LogP contribution in [0.5, 0.6) is 0 Å². The molecule has 3 saturated carbocycles. The van der Waals surface area contributed by atoms with Gasteiger partial charge < -0.3 is 10.6 Å². The largest absolute Gasteiger partial charge is 0.396 e. The van der Waals surface area contributed by atoms with E-state index in [1.807, 2.05) is 10.9 Å². The molecule has 33 heavy (non-hydrogen) atoms. The van der Waals surface area contributed by atoms with Crippen molar-refractivity contribution in [3.8, 4) is 0 Å². The monoisotopic (exact) mass is 453 g/mol. The van der Waals surface area contributed by atoms with Gasteiger partial charge in [-0.05, 0) is 87.0 Å². The van der Waals surface area contributed by atoms with Gasteiger partial charge in [-0.2, -0.15) is 0 Å². The van der Waals surface area contributed by atoms with E-state index in [0.29, 0.717) is 24.9 Å². The summed E-state index contributed by atoms with van der Waals surface area (Å²) < 4.78 is 1.84. The number of fused-ring (bicyclic) bond motifs is 5. The lowest BCUT2D eigenvalue weighted by Gasteiger charge is -2.57. The minimum atomic E-state index is -0.0332. The molecule has 0 bridgehead atoms. The Balaban J connectivity index is 1.15. The van der Waals surface area contributed by atoms with Crippen LogP contribution in [0.2, 0.25) is 0 Å². The number of rotatable bonds is 7. The molecular weight excluding hydrogens is 414 g/mol. The summed E-state index contributed by atoms with van der Waals surface area (Å²) >= 11 is 0. The van der Waals surface area contributed by atoms with Crippen molar-refractivity contribution >= 4 is 11.5 Å². The number of hydrogen-bond donors (Lipinski definition) is 1. The number of ketones is 1. The smallest absolute Gasteiger partial charge is 0.139 e. The molecule has 5 unspecified atom stereocenters. The van der Waals surface area contributed by atoms with Crippen molar-refractivity contribution < 1.29 is 9.63 Å². The molecule has 0 aliphatic heterocycles. The summed E-state index contributed by atoms with van der Waals surface area (Å²) in [4.78, 5) is 18.3. The molecule has 0 spiro atoms. The SMILES string of the molecule is CC12CCC3C(CCC4=CC(=NOCCCCn5cc(CN)nn5)CCC43C)C1CCC2=O. The molecule has 4 aliphatic rings. The zero-order valence-electron chi connectivity index (χ0n) is 20.3. The van der Waals surface area contributed by atoms with Crippen molar-refractivity contribution in [1.29, 1.82) is 0 Å². The Bertz CT molecular complexity index is 952. The van der Waals surface area contributed by atoms with E-state index in [4.69, 9.17) is 10.6 Å². The Morgan fingerprint density at radius 3 is 2.79 bits per heavy atom. The van der Waals surface area contributed by atoms with Crippen LogP contribution >= 0.6 is 0 Å². The number of Topliss-reactive ketones (excluding diaryl/α,β-unsaturated/α-hetero) is 1. The van der Waals surface area contributed by atoms with Crippen LogP contribution in [-0.4, -0.2) is 33.1 Å². The van der Waals surface area contributed by atoms with Crippen LogP contribution in [0.1, 0.15) is 83.7 Å².